The highest BCUT2D eigenvalue weighted by Gasteiger charge is 2.60. The minimum absolute atomic E-state index is 0.0422. The molecule has 0 bridgehead atoms. The fraction of sp³-hybridized carbons (Fsp3) is 0.833. The Hall–Kier alpha value is -0.890. The SMILES string of the molecule is C[C@H](CCC(C)(C)O)C1CCC2C3CC=C4C(O)C(OCc5ccn(SF)n5)CCC4(C)C3CCC21C. The summed E-state index contributed by atoms with van der Waals surface area (Å²) in [4.78, 5) is 0. The van der Waals surface area contributed by atoms with Crippen LogP contribution in [0.5, 0.6) is 0 Å². The second-order valence-corrected chi connectivity index (χ2v) is 14.4. The van der Waals surface area contributed by atoms with Crippen molar-refractivity contribution in [3.63, 3.8) is 0 Å². The number of halogens is 1. The van der Waals surface area contributed by atoms with Crippen LogP contribution < -0.4 is 0 Å². The standard InChI is InChI=1S/C30H47FN2O3S/c1-19(10-14-28(2,3)35)22-8-9-23-21-6-7-25-27(34)26(36-18-20-13-17-33(32-20)37-31)12-16-30(25,5)24(21)11-15-29(22,23)4/h7,13,17,19,21-24,26-27,34-35H,6,8-12,14-16,18H2,1-5H3/t19-,21?,22?,23?,24?,26?,27?,29?,30?/m1/s1. The summed E-state index contributed by atoms with van der Waals surface area (Å²) in [5.41, 5.74) is 1.74. The van der Waals surface area contributed by atoms with Crippen LogP contribution in [0.4, 0.5) is 3.89 Å². The van der Waals surface area contributed by atoms with Crippen molar-refractivity contribution >= 4 is 12.3 Å². The second-order valence-electron chi connectivity index (χ2n) is 13.9. The zero-order valence-electron chi connectivity index (χ0n) is 23.3. The van der Waals surface area contributed by atoms with E-state index in [4.69, 9.17) is 4.74 Å². The van der Waals surface area contributed by atoms with Crippen LogP contribution in [0.25, 0.3) is 0 Å². The Morgan fingerprint density at radius 2 is 2.00 bits per heavy atom. The average Bonchev–Trinajstić information content (AvgIpc) is 3.45. The first-order valence-electron chi connectivity index (χ1n) is 14.5. The molecule has 37 heavy (non-hydrogen) atoms. The molecule has 0 aromatic carbocycles. The number of rotatable bonds is 8. The molecule has 4 aliphatic carbocycles. The zero-order valence-corrected chi connectivity index (χ0v) is 24.1. The molecular weight excluding hydrogens is 487 g/mol. The van der Waals surface area contributed by atoms with Gasteiger partial charge in [-0.3, -0.25) is 0 Å². The van der Waals surface area contributed by atoms with E-state index >= 15 is 0 Å². The Balaban J connectivity index is 1.27. The summed E-state index contributed by atoms with van der Waals surface area (Å²) in [5, 5.41) is 25.8. The van der Waals surface area contributed by atoms with E-state index in [2.05, 4.69) is 31.9 Å². The van der Waals surface area contributed by atoms with Crippen molar-refractivity contribution in [2.75, 3.05) is 0 Å². The largest absolute Gasteiger partial charge is 0.390 e. The molecule has 0 amide bonds. The van der Waals surface area contributed by atoms with Crippen molar-refractivity contribution < 1.29 is 18.8 Å². The van der Waals surface area contributed by atoms with Crippen LogP contribution >= 0.6 is 12.3 Å². The Labute approximate surface area is 227 Å². The van der Waals surface area contributed by atoms with Gasteiger partial charge in [-0.2, -0.15) is 9.19 Å². The fourth-order valence-corrected chi connectivity index (χ4v) is 9.53. The second kappa shape index (κ2) is 10.3. The zero-order chi connectivity index (χ0) is 26.6. The van der Waals surface area contributed by atoms with Crippen molar-refractivity contribution in [1.82, 2.24) is 9.19 Å². The molecular formula is C30H47FN2O3S. The highest BCUT2D eigenvalue weighted by atomic mass is 32.2. The molecule has 1 heterocycles. The number of hydrogen-bond donors (Lipinski definition) is 2. The van der Waals surface area contributed by atoms with Gasteiger partial charge in [0.25, 0.3) is 0 Å². The van der Waals surface area contributed by atoms with Gasteiger partial charge >= 0.3 is 0 Å². The molecule has 4 aliphatic rings. The van der Waals surface area contributed by atoms with E-state index in [1.54, 1.807) is 12.3 Å². The number of allylic oxidation sites excluding steroid dienone is 1. The number of hydrogen-bond acceptors (Lipinski definition) is 5. The van der Waals surface area contributed by atoms with E-state index in [-0.39, 0.29) is 23.9 Å². The van der Waals surface area contributed by atoms with Gasteiger partial charge in [-0.15, -0.1) is 3.89 Å². The average molecular weight is 535 g/mol. The summed E-state index contributed by atoms with van der Waals surface area (Å²) < 4.78 is 20.0. The van der Waals surface area contributed by atoms with Gasteiger partial charge in [0.05, 0.1) is 24.0 Å². The van der Waals surface area contributed by atoms with E-state index in [1.165, 1.54) is 35.3 Å². The number of aromatic nitrogens is 2. The fourth-order valence-electron chi connectivity index (χ4n) is 9.29. The maximum absolute atomic E-state index is 12.7. The van der Waals surface area contributed by atoms with Gasteiger partial charge in [0, 0.05) is 6.20 Å². The number of ether oxygens (including phenoxy) is 1. The third-order valence-electron chi connectivity index (χ3n) is 11.3. The van der Waals surface area contributed by atoms with E-state index in [0.29, 0.717) is 35.5 Å². The molecule has 1 aromatic rings. The first kappa shape index (κ1) is 27.7. The van der Waals surface area contributed by atoms with Crippen LogP contribution in [0.3, 0.4) is 0 Å². The van der Waals surface area contributed by atoms with Crippen molar-refractivity contribution in [2.24, 2.45) is 40.4 Å². The summed E-state index contributed by atoms with van der Waals surface area (Å²) >= 11 is 0.0688. The van der Waals surface area contributed by atoms with Crippen molar-refractivity contribution in [3.8, 4) is 0 Å². The van der Waals surface area contributed by atoms with Crippen LogP contribution in [-0.4, -0.2) is 37.2 Å². The molecule has 208 valence electrons. The smallest absolute Gasteiger partial charge is 0.187 e. The number of fused-ring (bicyclic) bond motifs is 5. The molecule has 5 nitrogen and oxygen atoms in total. The summed E-state index contributed by atoms with van der Waals surface area (Å²) in [6, 6.07) is 1.76. The topological polar surface area (TPSA) is 67.5 Å². The van der Waals surface area contributed by atoms with Gasteiger partial charge in [0.2, 0.25) is 0 Å². The van der Waals surface area contributed by atoms with Gasteiger partial charge in [0.1, 0.15) is 6.10 Å². The summed E-state index contributed by atoms with van der Waals surface area (Å²) in [5.74, 6) is 3.47. The molecule has 0 spiro atoms. The lowest BCUT2D eigenvalue weighted by atomic mass is 9.46. The van der Waals surface area contributed by atoms with E-state index < -0.39 is 11.7 Å². The normalized spacial score (nSPS) is 40.5. The Bertz CT molecular complexity index is 992. The first-order valence-corrected chi connectivity index (χ1v) is 15.2. The predicted octanol–water partition coefficient (Wildman–Crippen LogP) is 6.89. The van der Waals surface area contributed by atoms with Gasteiger partial charge in [-0.05, 0) is 124 Å². The lowest BCUT2D eigenvalue weighted by molar-refractivity contribution is -0.101. The highest BCUT2D eigenvalue weighted by molar-refractivity contribution is 7.92. The van der Waals surface area contributed by atoms with Crippen LogP contribution in [0, 0.1) is 40.4 Å². The maximum atomic E-state index is 12.7. The molecule has 3 saturated carbocycles. The lowest BCUT2D eigenvalue weighted by Crippen LogP contribution is -2.54. The third-order valence-corrected chi connectivity index (χ3v) is 11.6. The molecule has 1 aromatic heterocycles. The third kappa shape index (κ3) is 5.07. The number of nitrogens with zero attached hydrogens (tertiary/aromatic N) is 2. The van der Waals surface area contributed by atoms with Crippen molar-refractivity contribution in [3.05, 3.63) is 29.6 Å². The molecule has 9 atom stereocenters. The van der Waals surface area contributed by atoms with Crippen molar-refractivity contribution in [2.45, 2.75) is 117 Å². The van der Waals surface area contributed by atoms with Crippen LogP contribution in [0.15, 0.2) is 23.9 Å². The predicted molar refractivity (Wildman–Crippen MR) is 146 cm³/mol. The molecule has 0 radical (unpaired) electrons. The Morgan fingerprint density at radius 3 is 2.70 bits per heavy atom. The molecule has 7 heteroatoms. The first-order chi connectivity index (χ1) is 17.5. The van der Waals surface area contributed by atoms with Gasteiger partial charge in [-0.25, -0.2) is 0 Å². The van der Waals surface area contributed by atoms with Gasteiger partial charge in [0.15, 0.2) is 12.3 Å². The molecule has 0 aliphatic heterocycles. The molecule has 5 rings (SSSR count). The van der Waals surface area contributed by atoms with Crippen LogP contribution in [-0.2, 0) is 11.3 Å². The highest BCUT2D eigenvalue weighted by Crippen LogP contribution is 2.67. The maximum Gasteiger partial charge on any atom is 0.187 e. The van der Waals surface area contributed by atoms with Crippen LogP contribution in [0.2, 0.25) is 0 Å². The van der Waals surface area contributed by atoms with Crippen LogP contribution in [0.1, 0.15) is 98.1 Å². The minimum Gasteiger partial charge on any atom is -0.390 e. The summed E-state index contributed by atoms with van der Waals surface area (Å²) in [6.45, 7) is 11.6. The van der Waals surface area contributed by atoms with E-state index in [0.717, 1.165) is 43.9 Å². The van der Waals surface area contributed by atoms with Gasteiger partial charge in [-0.1, -0.05) is 26.8 Å². The molecule has 2 N–H and O–H groups in total. The molecule has 8 unspecified atom stereocenters. The van der Waals surface area contributed by atoms with E-state index in [9.17, 15) is 14.1 Å². The number of aliphatic hydroxyl groups is 2. The molecule has 3 fully saturated rings. The molecule has 0 saturated heterocycles. The summed E-state index contributed by atoms with van der Waals surface area (Å²) in [6.07, 6.45) is 13.3. The lowest BCUT2D eigenvalue weighted by Gasteiger charge is -2.59. The Morgan fingerprint density at radius 1 is 1.22 bits per heavy atom. The van der Waals surface area contributed by atoms with E-state index in [1.807, 2.05) is 13.8 Å². The Kier molecular flexibility index (Phi) is 7.67. The summed E-state index contributed by atoms with van der Waals surface area (Å²) in [7, 11) is 0. The monoisotopic (exact) mass is 534 g/mol. The minimum atomic E-state index is -0.581. The van der Waals surface area contributed by atoms with Crippen molar-refractivity contribution in [1.29, 1.82) is 0 Å². The number of aliphatic hydroxyl groups excluding tert-OH is 1. The van der Waals surface area contributed by atoms with Gasteiger partial charge < -0.3 is 14.9 Å². The quantitative estimate of drug-likeness (QED) is 0.356.